The third-order valence-corrected chi connectivity index (χ3v) is 5.12. The van der Waals surface area contributed by atoms with Gasteiger partial charge in [0, 0.05) is 23.2 Å². The van der Waals surface area contributed by atoms with Crippen LogP contribution in [-0.2, 0) is 6.54 Å². The van der Waals surface area contributed by atoms with Crippen molar-refractivity contribution >= 4 is 33.0 Å². The number of thiophene rings is 1. The number of benzene rings is 1. The van der Waals surface area contributed by atoms with Gasteiger partial charge in [-0.1, -0.05) is 18.2 Å². The van der Waals surface area contributed by atoms with Crippen molar-refractivity contribution < 1.29 is 0 Å². The molecule has 3 heteroatoms. The van der Waals surface area contributed by atoms with Crippen LogP contribution in [0.1, 0.15) is 18.4 Å². The van der Waals surface area contributed by atoms with E-state index in [9.17, 15) is 0 Å². The van der Waals surface area contributed by atoms with Crippen molar-refractivity contribution in [3.63, 3.8) is 0 Å². The molecule has 1 aliphatic rings. The topological polar surface area (TPSA) is 3.24 Å². The third-order valence-electron chi connectivity index (χ3n) is 3.75. The van der Waals surface area contributed by atoms with Gasteiger partial charge in [-0.15, -0.1) is 22.9 Å². The van der Waals surface area contributed by atoms with Crippen molar-refractivity contribution in [1.29, 1.82) is 0 Å². The van der Waals surface area contributed by atoms with Gasteiger partial charge in [0.05, 0.1) is 0 Å². The lowest BCUT2D eigenvalue weighted by Crippen LogP contribution is -2.34. The van der Waals surface area contributed by atoms with Crippen molar-refractivity contribution in [3.05, 3.63) is 35.2 Å². The standard InChI is InChI=1S/C15H18ClNS/c1-17(8-11-6-13(16)7-11)9-12-10-18-15-5-3-2-4-14(12)15/h2-5,10-11,13H,6-9H2,1H3. The maximum absolute atomic E-state index is 6.03. The number of hydrogen-bond donors (Lipinski definition) is 0. The fourth-order valence-corrected chi connectivity index (χ4v) is 4.21. The van der Waals surface area contributed by atoms with Crippen LogP contribution in [0.5, 0.6) is 0 Å². The van der Waals surface area contributed by atoms with Gasteiger partial charge >= 0.3 is 0 Å². The van der Waals surface area contributed by atoms with Crippen molar-refractivity contribution in [2.75, 3.05) is 13.6 Å². The lowest BCUT2D eigenvalue weighted by molar-refractivity contribution is 0.204. The molecule has 0 atom stereocenters. The van der Waals surface area contributed by atoms with Gasteiger partial charge in [0.1, 0.15) is 0 Å². The second-order valence-corrected chi connectivity index (χ2v) is 6.92. The van der Waals surface area contributed by atoms with Crippen LogP contribution >= 0.6 is 22.9 Å². The Morgan fingerprint density at radius 2 is 2.11 bits per heavy atom. The Morgan fingerprint density at radius 1 is 1.33 bits per heavy atom. The van der Waals surface area contributed by atoms with E-state index in [4.69, 9.17) is 11.6 Å². The van der Waals surface area contributed by atoms with E-state index in [1.54, 1.807) is 0 Å². The van der Waals surface area contributed by atoms with Crippen LogP contribution in [0.4, 0.5) is 0 Å². The van der Waals surface area contributed by atoms with E-state index in [2.05, 4.69) is 41.6 Å². The summed E-state index contributed by atoms with van der Waals surface area (Å²) in [5, 5.41) is 4.15. The molecule has 0 saturated heterocycles. The van der Waals surface area contributed by atoms with Gasteiger partial charge in [0.2, 0.25) is 0 Å². The summed E-state index contributed by atoms with van der Waals surface area (Å²) in [5.74, 6) is 0.808. The van der Waals surface area contributed by atoms with Gasteiger partial charge in [0.25, 0.3) is 0 Å². The van der Waals surface area contributed by atoms with Crippen LogP contribution in [0.25, 0.3) is 10.1 Å². The summed E-state index contributed by atoms with van der Waals surface area (Å²) in [7, 11) is 2.22. The van der Waals surface area contributed by atoms with E-state index in [-0.39, 0.29) is 0 Å². The fraction of sp³-hybridized carbons (Fsp3) is 0.467. The van der Waals surface area contributed by atoms with Crippen LogP contribution in [0.15, 0.2) is 29.6 Å². The first-order chi connectivity index (χ1) is 8.72. The molecule has 1 fully saturated rings. The average Bonchev–Trinajstić information content (AvgIpc) is 2.71. The maximum Gasteiger partial charge on any atom is 0.0346 e. The second-order valence-electron chi connectivity index (χ2n) is 5.39. The molecule has 1 aromatic carbocycles. The van der Waals surface area contributed by atoms with Crippen molar-refractivity contribution in [2.24, 2.45) is 5.92 Å². The maximum atomic E-state index is 6.03. The molecule has 1 aliphatic carbocycles. The molecule has 0 spiro atoms. The van der Waals surface area contributed by atoms with Gasteiger partial charge in [-0.05, 0) is 48.2 Å². The minimum atomic E-state index is 0.436. The first-order valence-corrected chi connectivity index (χ1v) is 7.81. The highest BCUT2D eigenvalue weighted by atomic mass is 35.5. The first-order valence-electron chi connectivity index (χ1n) is 6.50. The molecule has 0 N–H and O–H groups in total. The van der Waals surface area contributed by atoms with Crippen LogP contribution in [0.3, 0.4) is 0 Å². The van der Waals surface area contributed by atoms with Gasteiger partial charge in [-0.3, -0.25) is 0 Å². The molecule has 1 aromatic heterocycles. The van der Waals surface area contributed by atoms with Gasteiger partial charge in [-0.25, -0.2) is 0 Å². The summed E-state index contributed by atoms with van der Waals surface area (Å²) >= 11 is 7.88. The lowest BCUT2D eigenvalue weighted by Gasteiger charge is -2.34. The molecule has 2 aromatic rings. The quantitative estimate of drug-likeness (QED) is 0.752. The molecular formula is C15H18ClNS. The molecule has 0 radical (unpaired) electrons. The smallest absolute Gasteiger partial charge is 0.0346 e. The van der Waals surface area contributed by atoms with E-state index < -0.39 is 0 Å². The van der Waals surface area contributed by atoms with E-state index >= 15 is 0 Å². The molecule has 3 rings (SSSR count). The highest BCUT2D eigenvalue weighted by Gasteiger charge is 2.27. The Hall–Kier alpha value is -0.570. The zero-order valence-corrected chi connectivity index (χ0v) is 12.2. The number of alkyl halides is 1. The predicted octanol–water partition coefficient (Wildman–Crippen LogP) is 4.35. The van der Waals surface area contributed by atoms with E-state index in [0.717, 1.165) is 12.5 Å². The Morgan fingerprint density at radius 3 is 2.89 bits per heavy atom. The number of halogens is 1. The van der Waals surface area contributed by atoms with Crippen molar-refractivity contribution in [3.8, 4) is 0 Å². The molecule has 0 bridgehead atoms. The third kappa shape index (κ3) is 2.56. The van der Waals surface area contributed by atoms with Gasteiger partial charge in [-0.2, -0.15) is 0 Å². The first kappa shape index (κ1) is 12.5. The van der Waals surface area contributed by atoms with E-state index in [1.807, 2.05) is 11.3 Å². The number of hydrogen-bond acceptors (Lipinski definition) is 2. The summed E-state index contributed by atoms with van der Waals surface area (Å²) in [4.78, 5) is 2.43. The average molecular weight is 280 g/mol. The summed E-state index contributed by atoms with van der Waals surface area (Å²) in [6.07, 6.45) is 2.38. The summed E-state index contributed by atoms with van der Waals surface area (Å²) in [6, 6.07) is 8.67. The molecule has 1 heterocycles. The molecule has 1 nitrogen and oxygen atoms in total. The minimum absolute atomic E-state index is 0.436. The Kier molecular flexibility index (Phi) is 3.60. The van der Waals surface area contributed by atoms with Crippen LogP contribution in [0.2, 0.25) is 0 Å². The van der Waals surface area contributed by atoms with Crippen molar-refractivity contribution in [1.82, 2.24) is 4.90 Å². The lowest BCUT2D eigenvalue weighted by atomic mass is 9.84. The highest BCUT2D eigenvalue weighted by molar-refractivity contribution is 7.17. The van der Waals surface area contributed by atoms with Gasteiger partial charge in [0.15, 0.2) is 0 Å². The summed E-state index contributed by atoms with van der Waals surface area (Å²) in [6.45, 7) is 2.22. The zero-order valence-electron chi connectivity index (χ0n) is 10.6. The highest BCUT2D eigenvalue weighted by Crippen LogP contribution is 2.33. The number of fused-ring (bicyclic) bond motifs is 1. The Bertz CT molecular complexity index is 530. The van der Waals surface area contributed by atoms with Crippen LogP contribution in [-0.4, -0.2) is 23.9 Å². The van der Waals surface area contributed by atoms with Crippen LogP contribution < -0.4 is 0 Å². The van der Waals surface area contributed by atoms with Gasteiger partial charge < -0.3 is 4.90 Å². The molecule has 0 aliphatic heterocycles. The molecule has 18 heavy (non-hydrogen) atoms. The largest absolute Gasteiger partial charge is 0.302 e. The van der Waals surface area contributed by atoms with E-state index in [0.29, 0.717) is 5.38 Å². The Balaban J connectivity index is 1.65. The second kappa shape index (κ2) is 5.20. The van der Waals surface area contributed by atoms with Crippen molar-refractivity contribution in [2.45, 2.75) is 24.8 Å². The van der Waals surface area contributed by atoms with E-state index in [1.165, 1.54) is 35.0 Å². The molecular weight excluding hydrogens is 262 g/mol. The monoisotopic (exact) mass is 279 g/mol. The zero-order chi connectivity index (χ0) is 12.5. The van der Waals surface area contributed by atoms with Crippen LogP contribution in [0, 0.1) is 5.92 Å². The SMILES string of the molecule is CN(Cc1csc2ccccc12)CC1CC(Cl)C1. The summed E-state index contributed by atoms with van der Waals surface area (Å²) < 4.78 is 1.39. The molecule has 0 unspecified atom stereocenters. The molecule has 96 valence electrons. The fourth-order valence-electron chi connectivity index (χ4n) is 2.75. The Labute approximate surface area is 117 Å². The molecule has 0 amide bonds. The normalized spacial score (nSPS) is 23.5. The number of nitrogens with zero attached hydrogens (tertiary/aromatic N) is 1. The predicted molar refractivity (Wildman–Crippen MR) is 80.5 cm³/mol. The molecule has 1 saturated carbocycles. The number of rotatable bonds is 4. The summed E-state index contributed by atoms with van der Waals surface area (Å²) in [5.41, 5.74) is 1.46. The minimum Gasteiger partial charge on any atom is -0.302 e.